The summed E-state index contributed by atoms with van der Waals surface area (Å²) in [6, 6.07) is 6.34. The third-order valence-corrected chi connectivity index (χ3v) is 4.91. The van der Waals surface area contributed by atoms with Crippen LogP contribution in [0.15, 0.2) is 24.3 Å². The molecule has 2 aliphatic heterocycles. The van der Waals surface area contributed by atoms with Gasteiger partial charge in [0.25, 0.3) is 5.91 Å². The summed E-state index contributed by atoms with van der Waals surface area (Å²) in [6.07, 6.45) is 2.40. The van der Waals surface area contributed by atoms with E-state index in [1.54, 1.807) is 24.3 Å². The average Bonchev–Trinajstić information content (AvgIpc) is 2.83. The van der Waals surface area contributed by atoms with Gasteiger partial charge in [0.05, 0.1) is 18.2 Å². The van der Waals surface area contributed by atoms with E-state index in [4.69, 9.17) is 0 Å². The summed E-state index contributed by atoms with van der Waals surface area (Å²) in [5.74, 6) is 0.360. The van der Waals surface area contributed by atoms with Crippen LogP contribution in [0.25, 0.3) is 0 Å². The van der Waals surface area contributed by atoms with E-state index >= 15 is 0 Å². The van der Waals surface area contributed by atoms with Crippen LogP contribution in [0.3, 0.4) is 0 Å². The molecule has 23 heavy (non-hydrogen) atoms. The predicted octanol–water partition coefficient (Wildman–Crippen LogP) is 2.25. The van der Waals surface area contributed by atoms with Gasteiger partial charge < -0.3 is 0 Å². The number of rotatable bonds is 3. The van der Waals surface area contributed by atoms with E-state index in [9.17, 15) is 14.4 Å². The molecule has 0 aromatic heterocycles. The number of Topliss-reactive ketones (excluding diaryl/α,β-unsaturated/α-hetero) is 1. The fourth-order valence-electron chi connectivity index (χ4n) is 3.36. The Labute approximate surface area is 136 Å². The van der Waals surface area contributed by atoms with Crippen molar-refractivity contribution in [1.82, 2.24) is 4.90 Å². The summed E-state index contributed by atoms with van der Waals surface area (Å²) in [4.78, 5) is 39.8. The van der Waals surface area contributed by atoms with E-state index in [1.165, 1.54) is 11.8 Å². The molecule has 0 spiro atoms. The highest BCUT2D eigenvalue weighted by Gasteiger charge is 2.43. The molecule has 2 aliphatic rings. The lowest BCUT2D eigenvalue weighted by Gasteiger charge is -2.33. The number of carbonyl (C=O) groups is 3. The smallest absolute Gasteiger partial charge is 0.251 e. The van der Waals surface area contributed by atoms with E-state index in [2.05, 4.69) is 11.8 Å². The number of imide groups is 1. The van der Waals surface area contributed by atoms with Crippen molar-refractivity contribution < 1.29 is 14.4 Å². The topological polar surface area (TPSA) is 57.7 Å². The lowest BCUT2D eigenvalue weighted by molar-refractivity contribution is -0.123. The maximum absolute atomic E-state index is 12.7. The second-order valence-corrected chi connectivity index (χ2v) is 6.61. The van der Waals surface area contributed by atoms with Crippen LogP contribution in [0.1, 0.15) is 43.5 Å². The Balaban J connectivity index is 1.77. The van der Waals surface area contributed by atoms with Gasteiger partial charge in [0.2, 0.25) is 5.91 Å². The van der Waals surface area contributed by atoms with Crippen LogP contribution in [0.4, 0.5) is 5.69 Å². The lowest BCUT2D eigenvalue weighted by atomic mass is 9.97. The maximum atomic E-state index is 12.7. The number of piperidine rings is 1. The van der Waals surface area contributed by atoms with Crippen molar-refractivity contribution in [1.29, 1.82) is 0 Å². The van der Waals surface area contributed by atoms with Gasteiger partial charge >= 0.3 is 0 Å². The number of amides is 2. The molecule has 0 saturated carbocycles. The predicted molar refractivity (Wildman–Crippen MR) is 87.3 cm³/mol. The van der Waals surface area contributed by atoms with Gasteiger partial charge in [0.15, 0.2) is 5.78 Å². The number of hydrogen-bond donors (Lipinski definition) is 0. The molecule has 2 saturated heterocycles. The Bertz CT molecular complexity index is 630. The molecule has 0 aliphatic carbocycles. The highest BCUT2D eigenvalue weighted by molar-refractivity contribution is 6.22. The first-order chi connectivity index (χ1) is 11.0. The second kappa shape index (κ2) is 6.24. The van der Waals surface area contributed by atoms with Gasteiger partial charge in [-0.3, -0.25) is 19.3 Å². The molecule has 0 unspecified atom stereocenters. The van der Waals surface area contributed by atoms with Gasteiger partial charge in [-0.1, -0.05) is 6.92 Å². The first-order valence-corrected chi connectivity index (χ1v) is 8.19. The molecule has 1 aromatic rings. The van der Waals surface area contributed by atoms with Crippen LogP contribution in [0, 0.1) is 5.92 Å². The molecular weight excluding hydrogens is 292 g/mol. The minimum atomic E-state index is -0.331. The number of likely N-dealkylation sites (tertiary alicyclic amines) is 1. The molecule has 5 nitrogen and oxygen atoms in total. The van der Waals surface area contributed by atoms with Gasteiger partial charge in [-0.25, -0.2) is 4.90 Å². The number of carbonyl (C=O) groups excluding carboxylic acids is 3. The summed E-state index contributed by atoms with van der Waals surface area (Å²) >= 11 is 0. The van der Waals surface area contributed by atoms with E-state index in [0.717, 1.165) is 25.9 Å². The fraction of sp³-hybridized carbons (Fsp3) is 0.500. The normalized spacial score (nSPS) is 23.6. The van der Waals surface area contributed by atoms with Gasteiger partial charge in [-0.15, -0.1) is 0 Å². The van der Waals surface area contributed by atoms with E-state index in [0.29, 0.717) is 17.2 Å². The molecule has 0 radical (unpaired) electrons. The van der Waals surface area contributed by atoms with Gasteiger partial charge in [0.1, 0.15) is 0 Å². The Morgan fingerprint density at radius 1 is 1.09 bits per heavy atom. The van der Waals surface area contributed by atoms with Crippen molar-refractivity contribution in [3.05, 3.63) is 29.8 Å². The first kappa shape index (κ1) is 15.9. The van der Waals surface area contributed by atoms with E-state index in [1.807, 2.05) is 0 Å². The fourth-order valence-corrected chi connectivity index (χ4v) is 3.36. The number of benzene rings is 1. The molecule has 2 heterocycles. The van der Waals surface area contributed by atoms with Gasteiger partial charge in [0, 0.05) is 5.56 Å². The number of ketones is 1. The van der Waals surface area contributed by atoms with Crippen molar-refractivity contribution in [2.75, 3.05) is 18.0 Å². The summed E-state index contributed by atoms with van der Waals surface area (Å²) in [5, 5.41) is 0. The minimum absolute atomic E-state index is 0.0315. The molecule has 0 N–H and O–H groups in total. The number of anilines is 1. The van der Waals surface area contributed by atoms with E-state index < -0.39 is 0 Å². The first-order valence-electron chi connectivity index (χ1n) is 8.19. The third kappa shape index (κ3) is 3.06. The van der Waals surface area contributed by atoms with Crippen molar-refractivity contribution in [2.24, 2.45) is 5.92 Å². The van der Waals surface area contributed by atoms with Crippen LogP contribution < -0.4 is 4.90 Å². The second-order valence-electron chi connectivity index (χ2n) is 6.61. The lowest BCUT2D eigenvalue weighted by Crippen LogP contribution is -2.45. The Morgan fingerprint density at radius 3 is 2.26 bits per heavy atom. The van der Waals surface area contributed by atoms with Crippen molar-refractivity contribution in [3.63, 3.8) is 0 Å². The maximum Gasteiger partial charge on any atom is 0.251 e. The molecule has 122 valence electrons. The number of nitrogens with zero attached hydrogens (tertiary/aromatic N) is 2. The highest BCUT2D eigenvalue weighted by Crippen LogP contribution is 2.28. The van der Waals surface area contributed by atoms with Gasteiger partial charge in [-0.2, -0.15) is 0 Å². The quantitative estimate of drug-likeness (QED) is 0.634. The van der Waals surface area contributed by atoms with Gasteiger partial charge in [-0.05, 0) is 63.0 Å². The third-order valence-electron chi connectivity index (χ3n) is 4.91. The highest BCUT2D eigenvalue weighted by atomic mass is 16.2. The summed E-state index contributed by atoms with van der Waals surface area (Å²) in [6.45, 7) is 5.47. The van der Waals surface area contributed by atoms with Crippen LogP contribution in [0.2, 0.25) is 0 Å². The van der Waals surface area contributed by atoms with Crippen LogP contribution in [-0.2, 0) is 9.59 Å². The van der Waals surface area contributed by atoms with Crippen LogP contribution in [0.5, 0.6) is 0 Å². The molecule has 3 rings (SSSR count). The Hall–Kier alpha value is -2.01. The summed E-state index contributed by atoms with van der Waals surface area (Å²) in [5.41, 5.74) is 1.13. The molecule has 5 heteroatoms. The number of hydrogen-bond acceptors (Lipinski definition) is 4. The van der Waals surface area contributed by atoms with Crippen molar-refractivity contribution >= 4 is 23.3 Å². The summed E-state index contributed by atoms with van der Waals surface area (Å²) < 4.78 is 0. The standard InChI is InChI=1S/C18H22N2O3/c1-12-7-9-19(10-8-12)16-11-17(22)20(18(16)23)15-5-3-14(4-6-15)13(2)21/h3-6,12,16H,7-11H2,1-2H3/t16-/m0/s1. The van der Waals surface area contributed by atoms with Crippen molar-refractivity contribution in [2.45, 2.75) is 39.2 Å². The van der Waals surface area contributed by atoms with Crippen LogP contribution in [-0.4, -0.2) is 41.6 Å². The van der Waals surface area contributed by atoms with E-state index in [-0.39, 0.29) is 30.1 Å². The largest absolute Gasteiger partial charge is 0.295 e. The molecule has 2 amide bonds. The SMILES string of the molecule is CC(=O)c1ccc(N2C(=O)C[C@H](N3CCC(C)CC3)C2=O)cc1. The molecule has 1 atom stereocenters. The monoisotopic (exact) mass is 314 g/mol. The summed E-state index contributed by atoms with van der Waals surface area (Å²) in [7, 11) is 0. The zero-order valence-electron chi connectivity index (χ0n) is 13.6. The zero-order chi connectivity index (χ0) is 16.6. The molecule has 2 fully saturated rings. The average molecular weight is 314 g/mol. The minimum Gasteiger partial charge on any atom is -0.295 e. The Kier molecular flexibility index (Phi) is 4.31. The molecule has 1 aromatic carbocycles. The molecular formula is C18H22N2O3. The van der Waals surface area contributed by atoms with Crippen molar-refractivity contribution in [3.8, 4) is 0 Å². The zero-order valence-corrected chi connectivity index (χ0v) is 13.6. The van der Waals surface area contributed by atoms with Crippen LogP contribution >= 0.6 is 0 Å². The molecule has 0 bridgehead atoms. The Morgan fingerprint density at radius 2 is 1.70 bits per heavy atom.